The summed E-state index contributed by atoms with van der Waals surface area (Å²) in [7, 11) is 1.66. The number of carbonyl (C=O) groups excluding carboxylic acids is 1. The van der Waals surface area contributed by atoms with Crippen LogP contribution < -0.4 is 9.64 Å². The number of ether oxygens (including phenoxy) is 1. The van der Waals surface area contributed by atoms with Crippen LogP contribution in [0.3, 0.4) is 0 Å². The molecule has 134 valence electrons. The first-order valence-corrected chi connectivity index (χ1v) is 8.59. The van der Waals surface area contributed by atoms with Crippen LogP contribution >= 0.6 is 0 Å². The predicted octanol–water partition coefficient (Wildman–Crippen LogP) is 2.99. The number of rotatable bonds is 4. The van der Waals surface area contributed by atoms with Crippen molar-refractivity contribution in [2.24, 2.45) is 0 Å². The number of aromatic nitrogens is 1. The molecule has 3 rings (SSSR count). The molecule has 0 spiro atoms. The minimum Gasteiger partial charge on any atom is -0.497 e. The summed E-state index contributed by atoms with van der Waals surface area (Å²) in [5.74, 6) is 1.45. The van der Waals surface area contributed by atoms with Crippen molar-refractivity contribution in [3.63, 3.8) is 0 Å². The Labute approximate surface area is 148 Å². The largest absolute Gasteiger partial charge is 0.497 e. The number of nitrogens with zero attached hydrogens (tertiary/aromatic N) is 3. The number of aryl methyl sites for hydroxylation is 1. The summed E-state index contributed by atoms with van der Waals surface area (Å²) in [6.07, 6.45) is 2.01. The average molecular weight is 343 g/mol. The van der Waals surface area contributed by atoms with Gasteiger partial charge in [0.15, 0.2) is 12.1 Å². The molecule has 0 N–H and O–H groups in total. The maximum Gasteiger partial charge on any atom is 0.276 e. The molecular formula is C19H25N3O3. The monoisotopic (exact) mass is 343 g/mol. The third-order valence-corrected chi connectivity index (χ3v) is 4.74. The zero-order valence-electron chi connectivity index (χ0n) is 15.3. The highest BCUT2D eigenvalue weighted by Gasteiger charge is 2.37. The molecule has 1 aliphatic rings. The average Bonchev–Trinajstić information content (AvgIpc) is 3.09. The summed E-state index contributed by atoms with van der Waals surface area (Å²) >= 11 is 0. The lowest BCUT2D eigenvalue weighted by Gasteiger charge is -2.48. The lowest BCUT2D eigenvalue weighted by molar-refractivity contribution is 0.0678. The SMILES string of the molecule is CCc1ocnc1C(=O)N1CCN(c2ccc(OC)cc2)C(C)(C)C1. The molecule has 0 atom stereocenters. The van der Waals surface area contributed by atoms with Crippen molar-refractivity contribution < 1.29 is 13.9 Å². The second-order valence-corrected chi connectivity index (χ2v) is 6.87. The molecule has 1 fully saturated rings. The van der Waals surface area contributed by atoms with E-state index >= 15 is 0 Å². The van der Waals surface area contributed by atoms with Gasteiger partial charge in [0, 0.05) is 31.7 Å². The molecule has 1 amide bonds. The van der Waals surface area contributed by atoms with Gasteiger partial charge in [-0.15, -0.1) is 0 Å². The van der Waals surface area contributed by atoms with Crippen LogP contribution in [0.2, 0.25) is 0 Å². The molecule has 25 heavy (non-hydrogen) atoms. The van der Waals surface area contributed by atoms with Crippen LogP contribution in [0, 0.1) is 0 Å². The summed E-state index contributed by atoms with van der Waals surface area (Å²) < 4.78 is 10.5. The summed E-state index contributed by atoms with van der Waals surface area (Å²) in [6, 6.07) is 8.05. The molecule has 2 heterocycles. The number of methoxy groups -OCH3 is 1. The van der Waals surface area contributed by atoms with Crippen molar-refractivity contribution in [3.8, 4) is 5.75 Å². The molecule has 1 aromatic carbocycles. The number of benzene rings is 1. The fraction of sp³-hybridized carbons (Fsp3) is 0.474. The van der Waals surface area contributed by atoms with E-state index in [0.717, 1.165) is 18.0 Å². The summed E-state index contributed by atoms with van der Waals surface area (Å²) in [6.45, 7) is 8.33. The molecule has 0 radical (unpaired) electrons. The van der Waals surface area contributed by atoms with Crippen LogP contribution in [0.5, 0.6) is 5.75 Å². The van der Waals surface area contributed by atoms with Crippen molar-refractivity contribution in [1.82, 2.24) is 9.88 Å². The Balaban J connectivity index is 1.76. The summed E-state index contributed by atoms with van der Waals surface area (Å²) in [5, 5.41) is 0. The van der Waals surface area contributed by atoms with Gasteiger partial charge in [-0.2, -0.15) is 0 Å². The van der Waals surface area contributed by atoms with Crippen LogP contribution in [0.4, 0.5) is 5.69 Å². The number of oxazole rings is 1. The second kappa shape index (κ2) is 6.78. The molecule has 0 bridgehead atoms. The molecule has 0 unspecified atom stereocenters. The molecule has 1 aliphatic heterocycles. The minimum absolute atomic E-state index is 0.0481. The van der Waals surface area contributed by atoms with Gasteiger partial charge in [0.25, 0.3) is 5.91 Å². The van der Waals surface area contributed by atoms with E-state index in [1.807, 2.05) is 24.0 Å². The number of piperazine rings is 1. The number of hydrogen-bond acceptors (Lipinski definition) is 5. The fourth-order valence-corrected chi connectivity index (χ4v) is 3.41. The molecule has 6 heteroatoms. The van der Waals surface area contributed by atoms with Gasteiger partial charge in [0.1, 0.15) is 11.5 Å². The molecule has 1 aromatic heterocycles. The van der Waals surface area contributed by atoms with E-state index in [2.05, 4.69) is 35.9 Å². The number of carbonyl (C=O) groups is 1. The van der Waals surface area contributed by atoms with E-state index in [4.69, 9.17) is 9.15 Å². The Morgan fingerprint density at radius 3 is 2.60 bits per heavy atom. The van der Waals surface area contributed by atoms with Crippen molar-refractivity contribution in [1.29, 1.82) is 0 Å². The highest BCUT2D eigenvalue weighted by molar-refractivity contribution is 5.93. The smallest absolute Gasteiger partial charge is 0.276 e. The van der Waals surface area contributed by atoms with Gasteiger partial charge >= 0.3 is 0 Å². The Morgan fingerprint density at radius 1 is 1.28 bits per heavy atom. The van der Waals surface area contributed by atoms with Gasteiger partial charge in [-0.1, -0.05) is 6.92 Å². The minimum atomic E-state index is -0.182. The normalized spacial score (nSPS) is 16.8. The molecule has 2 aromatic rings. The van der Waals surface area contributed by atoms with Crippen LogP contribution in [0.25, 0.3) is 0 Å². The van der Waals surface area contributed by atoms with Gasteiger partial charge < -0.3 is 19.0 Å². The number of hydrogen-bond donors (Lipinski definition) is 0. The van der Waals surface area contributed by atoms with Gasteiger partial charge in [0.05, 0.1) is 12.6 Å². The van der Waals surface area contributed by atoms with E-state index in [1.54, 1.807) is 7.11 Å². The van der Waals surface area contributed by atoms with Gasteiger partial charge in [0.2, 0.25) is 0 Å². The maximum absolute atomic E-state index is 12.8. The van der Waals surface area contributed by atoms with Gasteiger partial charge in [-0.3, -0.25) is 4.79 Å². The quantitative estimate of drug-likeness (QED) is 0.854. The van der Waals surface area contributed by atoms with Gasteiger partial charge in [-0.25, -0.2) is 4.98 Å². The fourth-order valence-electron chi connectivity index (χ4n) is 3.41. The Kier molecular flexibility index (Phi) is 4.70. The molecule has 1 saturated heterocycles. The Hall–Kier alpha value is -2.50. The van der Waals surface area contributed by atoms with Crippen LogP contribution in [-0.2, 0) is 6.42 Å². The van der Waals surface area contributed by atoms with Crippen molar-refractivity contribution in [3.05, 3.63) is 42.1 Å². The van der Waals surface area contributed by atoms with Crippen LogP contribution in [-0.4, -0.2) is 48.1 Å². The lowest BCUT2D eigenvalue weighted by Crippen LogP contribution is -2.60. The Bertz CT molecular complexity index is 737. The summed E-state index contributed by atoms with van der Waals surface area (Å²) in [5.41, 5.74) is 1.39. The van der Waals surface area contributed by atoms with Crippen LogP contribution in [0.15, 0.2) is 35.1 Å². The first-order chi connectivity index (χ1) is 12.0. The zero-order valence-corrected chi connectivity index (χ0v) is 15.3. The standard InChI is InChI=1S/C19H25N3O3/c1-5-16-17(20-13-25-16)18(23)21-10-11-22(19(2,3)12-21)14-6-8-15(24-4)9-7-14/h6-9,13H,5,10-12H2,1-4H3. The van der Waals surface area contributed by atoms with E-state index in [0.29, 0.717) is 31.0 Å². The van der Waals surface area contributed by atoms with Crippen molar-refractivity contribution in [2.75, 3.05) is 31.6 Å². The Morgan fingerprint density at radius 2 is 2.00 bits per heavy atom. The summed E-state index contributed by atoms with van der Waals surface area (Å²) in [4.78, 5) is 21.1. The molecule has 6 nitrogen and oxygen atoms in total. The topological polar surface area (TPSA) is 58.8 Å². The van der Waals surface area contributed by atoms with E-state index < -0.39 is 0 Å². The number of amides is 1. The molecule has 0 aliphatic carbocycles. The van der Waals surface area contributed by atoms with Crippen LogP contribution in [0.1, 0.15) is 37.0 Å². The number of anilines is 1. The zero-order chi connectivity index (χ0) is 18.0. The second-order valence-electron chi connectivity index (χ2n) is 6.87. The van der Waals surface area contributed by atoms with Crippen molar-refractivity contribution >= 4 is 11.6 Å². The first-order valence-electron chi connectivity index (χ1n) is 8.59. The van der Waals surface area contributed by atoms with E-state index in [1.165, 1.54) is 6.39 Å². The van der Waals surface area contributed by atoms with E-state index in [9.17, 15) is 4.79 Å². The van der Waals surface area contributed by atoms with Gasteiger partial charge in [-0.05, 0) is 38.1 Å². The maximum atomic E-state index is 12.8. The highest BCUT2D eigenvalue weighted by Crippen LogP contribution is 2.30. The third kappa shape index (κ3) is 3.34. The predicted molar refractivity (Wildman–Crippen MR) is 96.2 cm³/mol. The molecule has 0 saturated carbocycles. The molecular weight excluding hydrogens is 318 g/mol. The van der Waals surface area contributed by atoms with E-state index in [-0.39, 0.29) is 11.4 Å². The van der Waals surface area contributed by atoms with Crippen molar-refractivity contribution in [2.45, 2.75) is 32.7 Å². The lowest BCUT2D eigenvalue weighted by atomic mass is 9.97. The highest BCUT2D eigenvalue weighted by atomic mass is 16.5. The first kappa shape index (κ1) is 17.3. The third-order valence-electron chi connectivity index (χ3n) is 4.74.